The molecule has 128 valence electrons. The van der Waals surface area contributed by atoms with E-state index >= 15 is 0 Å². The van der Waals surface area contributed by atoms with Crippen molar-refractivity contribution in [1.82, 2.24) is 19.9 Å². The maximum Gasteiger partial charge on any atom is 0.156 e. The maximum absolute atomic E-state index is 5.79. The average Bonchev–Trinajstić information content (AvgIpc) is 2.95. The summed E-state index contributed by atoms with van der Waals surface area (Å²) in [4.78, 5) is 4.43. The zero-order chi connectivity index (χ0) is 16.2. The van der Waals surface area contributed by atoms with Crippen LogP contribution >= 0.6 is 0 Å². The lowest BCUT2D eigenvalue weighted by Crippen LogP contribution is -2.12. The van der Waals surface area contributed by atoms with E-state index in [9.17, 15) is 0 Å². The lowest BCUT2D eigenvalue weighted by atomic mass is 10.0. The number of fused-ring (bicyclic) bond motifs is 1. The second kappa shape index (κ2) is 7.68. The minimum absolute atomic E-state index is 0. The highest BCUT2D eigenvalue weighted by atomic mass is 16.5. The number of anilines is 1. The molecule has 0 amide bonds. The molecule has 2 aromatic heterocycles. The average molecular weight is 327 g/mol. The second-order valence-electron chi connectivity index (χ2n) is 5.57. The third-order valence-electron chi connectivity index (χ3n) is 3.62. The molecule has 3 rings (SSSR count). The summed E-state index contributed by atoms with van der Waals surface area (Å²) in [6.07, 6.45) is 9.14. The van der Waals surface area contributed by atoms with E-state index in [1.165, 1.54) is 0 Å². The van der Waals surface area contributed by atoms with Gasteiger partial charge in [-0.25, -0.2) is 9.50 Å². The molecule has 0 saturated heterocycles. The summed E-state index contributed by atoms with van der Waals surface area (Å²) >= 11 is 0. The number of hydrogen-bond donors (Lipinski definition) is 2. The van der Waals surface area contributed by atoms with Gasteiger partial charge in [-0.3, -0.25) is 0 Å². The molecular weight excluding hydrogens is 302 g/mol. The Morgan fingerprint density at radius 3 is 3.00 bits per heavy atom. The summed E-state index contributed by atoms with van der Waals surface area (Å²) in [5.74, 6) is 2.87. The summed E-state index contributed by atoms with van der Waals surface area (Å²) < 4.78 is 7.53. The van der Waals surface area contributed by atoms with Gasteiger partial charge < -0.3 is 15.4 Å². The first-order valence-electron chi connectivity index (χ1n) is 7.64. The zero-order valence-corrected chi connectivity index (χ0v) is 13.4. The van der Waals surface area contributed by atoms with E-state index in [0.29, 0.717) is 24.2 Å². The largest absolute Gasteiger partial charge is 0.488 e. The van der Waals surface area contributed by atoms with Crippen molar-refractivity contribution in [2.75, 3.05) is 12.4 Å². The summed E-state index contributed by atoms with van der Waals surface area (Å²) in [7, 11) is 1.80. The SMILES string of the molecule is C.C=C(NC)Nc1cn2nc(COC3=CCC(C)C=C3)ccc2n1. The van der Waals surface area contributed by atoms with Crippen LogP contribution in [0.1, 0.15) is 26.5 Å². The first-order chi connectivity index (χ1) is 11.1. The molecule has 0 spiro atoms. The fourth-order valence-electron chi connectivity index (χ4n) is 2.25. The van der Waals surface area contributed by atoms with Crippen LogP contribution in [-0.2, 0) is 11.3 Å². The van der Waals surface area contributed by atoms with E-state index in [1.807, 2.05) is 24.4 Å². The Bertz CT molecular complexity index is 775. The molecule has 0 bridgehead atoms. The molecule has 2 N–H and O–H groups in total. The van der Waals surface area contributed by atoms with Crippen LogP contribution in [0.15, 0.2) is 54.7 Å². The van der Waals surface area contributed by atoms with Gasteiger partial charge in [0.05, 0.1) is 17.7 Å². The van der Waals surface area contributed by atoms with Gasteiger partial charge in [0.1, 0.15) is 12.4 Å². The van der Waals surface area contributed by atoms with Gasteiger partial charge in [-0.2, -0.15) is 5.10 Å². The van der Waals surface area contributed by atoms with Crippen LogP contribution in [0.5, 0.6) is 0 Å². The van der Waals surface area contributed by atoms with Gasteiger partial charge in [0.25, 0.3) is 0 Å². The Kier molecular flexibility index (Phi) is 5.63. The first-order valence-corrected chi connectivity index (χ1v) is 7.64. The van der Waals surface area contributed by atoms with Gasteiger partial charge in [-0.05, 0) is 36.6 Å². The highest BCUT2D eigenvalue weighted by molar-refractivity contribution is 5.50. The number of ether oxygens (including phenoxy) is 1. The number of allylic oxidation sites excluding steroid dienone is 3. The van der Waals surface area contributed by atoms with Crippen LogP contribution in [0.4, 0.5) is 5.82 Å². The summed E-state index contributed by atoms with van der Waals surface area (Å²) in [6.45, 7) is 6.44. The molecule has 1 aliphatic carbocycles. The van der Waals surface area contributed by atoms with Crippen molar-refractivity contribution in [1.29, 1.82) is 0 Å². The molecule has 2 aromatic rings. The lowest BCUT2D eigenvalue weighted by Gasteiger charge is -2.12. The molecule has 6 heteroatoms. The van der Waals surface area contributed by atoms with Crippen molar-refractivity contribution in [3.63, 3.8) is 0 Å². The van der Waals surface area contributed by atoms with Crippen molar-refractivity contribution >= 4 is 11.5 Å². The number of imidazole rings is 1. The predicted molar refractivity (Wildman–Crippen MR) is 97.3 cm³/mol. The van der Waals surface area contributed by atoms with E-state index in [0.717, 1.165) is 23.5 Å². The highest BCUT2D eigenvalue weighted by Crippen LogP contribution is 2.17. The van der Waals surface area contributed by atoms with Crippen molar-refractivity contribution in [2.45, 2.75) is 27.4 Å². The molecule has 0 aliphatic heterocycles. The Balaban J connectivity index is 0.00000208. The topological polar surface area (TPSA) is 63.5 Å². The minimum atomic E-state index is 0. The van der Waals surface area contributed by atoms with E-state index in [-0.39, 0.29) is 7.43 Å². The predicted octanol–water partition coefficient (Wildman–Crippen LogP) is 3.46. The number of rotatable bonds is 6. The molecule has 6 nitrogen and oxygen atoms in total. The number of hydrogen-bond acceptors (Lipinski definition) is 5. The Hall–Kier alpha value is -2.76. The number of aromatic nitrogens is 3. The van der Waals surface area contributed by atoms with Gasteiger partial charge in [-0.1, -0.05) is 27.0 Å². The molecular formula is C18H25N5O. The molecule has 2 heterocycles. The van der Waals surface area contributed by atoms with Crippen molar-refractivity contribution in [3.05, 3.63) is 60.4 Å². The van der Waals surface area contributed by atoms with Gasteiger partial charge in [-0.15, -0.1) is 0 Å². The molecule has 0 fully saturated rings. The highest BCUT2D eigenvalue weighted by Gasteiger charge is 2.07. The Morgan fingerprint density at radius 2 is 2.29 bits per heavy atom. The standard InChI is InChI=1S/C17H21N5O.CH4/c1-12-4-7-15(8-5-12)23-11-14-6-9-17-20-16(10-22(17)21-14)19-13(2)18-3;/h4,6-10,12,18-19H,2,5,11H2,1,3H3;1H4. The fourth-order valence-corrected chi connectivity index (χ4v) is 2.25. The number of nitrogens with zero attached hydrogens (tertiary/aromatic N) is 3. The molecule has 1 aliphatic rings. The van der Waals surface area contributed by atoms with Crippen molar-refractivity contribution < 1.29 is 4.74 Å². The van der Waals surface area contributed by atoms with Crippen LogP contribution in [0.3, 0.4) is 0 Å². The van der Waals surface area contributed by atoms with Crippen LogP contribution in [0, 0.1) is 5.92 Å². The first kappa shape index (κ1) is 17.6. The van der Waals surface area contributed by atoms with E-state index in [1.54, 1.807) is 11.6 Å². The van der Waals surface area contributed by atoms with Crippen LogP contribution in [-0.4, -0.2) is 21.6 Å². The lowest BCUT2D eigenvalue weighted by molar-refractivity contribution is 0.203. The molecule has 1 atom stereocenters. The zero-order valence-electron chi connectivity index (χ0n) is 13.4. The normalized spacial score (nSPS) is 16.2. The van der Waals surface area contributed by atoms with Gasteiger partial charge >= 0.3 is 0 Å². The van der Waals surface area contributed by atoms with E-state index < -0.39 is 0 Å². The Labute approximate surface area is 142 Å². The Morgan fingerprint density at radius 1 is 1.46 bits per heavy atom. The van der Waals surface area contributed by atoms with E-state index in [4.69, 9.17) is 4.74 Å². The summed E-state index contributed by atoms with van der Waals surface area (Å²) in [5.41, 5.74) is 1.62. The molecule has 24 heavy (non-hydrogen) atoms. The third kappa shape index (κ3) is 4.16. The van der Waals surface area contributed by atoms with Crippen LogP contribution < -0.4 is 10.6 Å². The molecule has 1 unspecified atom stereocenters. The second-order valence-corrected chi connectivity index (χ2v) is 5.57. The smallest absolute Gasteiger partial charge is 0.156 e. The van der Waals surface area contributed by atoms with Gasteiger partial charge in [0.15, 0.2) is 11.5 Å². The van der Waals surface area contributed by atoms with Gasteiger partial charge in [0, 0.05) is 7.05 Å². The molecule has 0 aromatic carbocycles. The quantitative estimate of drug-likeness (QED) is 0.850. The summed E-state index contributed by atoms with van der Waals surface area (Å²) in [5, 5.41) is 10.5. The minimum Gasteiger partial charge on any atom is -0.488 e. The van der Waals surface area contributed by atoms with Gasteiger partial charge in [0.2, 0.25) is 0 Å². The summed E-state index contributed by atoms with van der Waals surface area (Å²) in [6, 6.07) is 3.85. The third-order valence-corrected chi connectivity index (χ3v) is 3.62. The monoisotopic (exact) mass is 327 g/mol. The fraction of sp³-hybridized carbons (Fsp3) is 0.333. The van der Waals surface area contributed by atoms with Crippen LogP contribution in [0.2, 0.25) is 0 Å². The number of nitrogens with one attached hydrogen (secondary N) is 2. The van der Waals surface area contributed by atoms with E-state index in [2.05, 4.69) is 46.4 Å². The van der Waals surface area contributed by atoms with Crippen molar-refractivity contribution in [3.8, 4) is 0 Å². The molecule has 0 saturated carbocycles. The van der Waals surface area contributed by atoms with Crippen molar-refractivity contribution in [2.24, 2.45) is 5.92 Å². The molecule has 0 radical (unpaired) electrons. The maximum atomic E-state index is 5.79. The van der Waals surface area contributed by atoms with Crippen LogP contribution in [0.25, 0.3) is 5.65 Å².